The Morgan fingerprint density at radius 1 is 1.29 bits per heavy atom. The summed E-state index contributed by atoms with van der Waals surface area (Å²) in [6.07, 6.45) is 4.64. The van der Waals surface area contributed by atoms with Crippen molar-refractivity contribution in [3.63, 3.8) is 0 Å². The molecule has 1 fully saturated rings. The number of carbonyl (C=O) groups excluding carboxylic acids is 2. The number of rotatable bonds is 7. The molecule has 0 bridgehead atoms. The van der Waals surface area contributed by atoms with Crippen LogP contribution in [-0.4, -0.2) is 49.1 Å². The van der Waals surface area contributed by atoms with Crippen LogP contribution in [0.1, 0.15) is 69.3 Å². The van der Waals surface area contributed by atoms with Gasteiger partial charge in [0.15, 0.2) is 0 Å². The Morgan fingerprint density at radius 3 is 2.68 bits per heavy atom. The third kappa shape index (κ3) is 3.69. The molecule has 0 saturated heterocycles. The average molecular weight is 387 g/mol. The second kappa shape index (κ2) is 8.24. The molecule has 1 heterocycles. The van der Waals surface area contributed by atoms with Crippen molar-refractivity contribution in [1.82, 2.24) is 4.90 Å². The van der Waals surface area contributed by atoms with Gasteiger partial charge in [-0.25, -0.2) is 0 Å². The first-order valence-electron chi connectivity index (χ1n) is 10.6. The number of ether oxygens (including phenoxy) is 1. The van der Waals surface area contributed by atoms with Gasteiger partial charge in [-0.15, -0.1) is 0 Å². The molecule has 1 aromatic carbocycles. The number of amides is 2. The molecular weight excluding hydrogens is 352 g/mol. The molecule has 1 aliphatic carbocycles. The molecule has 5 nitrogen and oxygen atoms in total. The Hall–Kier alpha value is -1.88. The molecule has 1 aromatic rings. The third-order valence-corrected chi connectivity index (χ3v) is 6.56. The number of unbranched alkanes of at least 4 members (excludes halogenated alkanes) is 1. The first-order chi connectivity index (χ1) is 13.3. The number of hydrogen-bond donors (Lipinski definition) is 0. The zero-order chi connectivity index (χ0) is 20.5. The number of anilines is 1. The van der Waals surface area contributed by atoms with E-state index in [2.05, 4.69) is 20.8 Å². The Morgan fingerprint density at radius 2 is 2.04 bits per heavy atom. The second-order valence-corrected chi connectivity index (χ2v) is 8.69. The number of benzene rings is 1. The normalized spacial score (nSPS) is 22.5. The monoisotopic (exact) mass is 386 g/mol. The van der Waals surface area contributed by atoms with Crippen molar-refractivity contribution < 1.29 is 14.3 Å². The lowest BCUT2D eigenvalue weighted by Gasteiger charge is -2.55. The molecule has 0 radical (unpaired) electrons. The fourth-order valence-electron chi connectivity index (χ4n) is 4.50. The fourth-order valence-corrected chi connectivity index (χ4v) is 4.50. The zero-order valence-electron chi connectivity index (χ0n) is 18.0. The van der Waals surface area contributed by atoms with Crippen LogP contribution in [0.2, 0.25) is 0 Å². The van der Waals surface area contributed by atoms with Crippen LogP contribution in [-0.2, 0) is 16.0 Å². The van der Waals surface area contributed by atoms with Gasteiger partial charge in [0.05, 0.1) is 6.10 Å². The molecule has 2 unspecified atom stereocenters. The maximum absolute atomic E-state index is 13.1. The van der Waals surface area contributed by atoms with Gasteiger partial charge in [0, 0.05) is 49.3 Å². The van der Waals surface area contributed by atoms with Crippen molar-refractivity contribution in [1.29, 1.82) is 0 Å². The molecule has 2 amide bonds. The largest absolute Gasteiger partial charge is 0.378 e. The Balaban J connectivity index is 1.67. The van der Waals surface area contributed by atoms with Gasteiger partial charge in [0.25, 0.3) is 5.91 Å². The van der Waals surface area contributed by atoms with Gasteiger partial charge in [-0.1, -0.05) is 34.1 Å². The summed E-state index contributed by atoms with van der Waals surface area (Å²) in [6, 6.07) is 5.94. The Bertz CT molecular complexity index is 743. The molecule has 154 valence electrons. The summed E-state index contributed by atoms with van der Waals surface area (Å²) in [5.74, 6) is 0.188. The first kappa shape index (κ1) is 20.8. The van der Waals surface area contributed by atoms with E-state index < -0.39 is 0 Å². The van der Waals surface area contributed by atoms with Crippen molar-refractivity contribution in [3.8, 4) is 0 Å². The van der Waals surface area contributed by atoms with E-state index in [-0.39, 0.29) is 29.4 Å². The highest BCUT2D eigenvalue weighted by molar-refractivity contribution is 5.98. The van der Waals surface area contributed by atoms with Crippen LogP contribution in [0.3, 0.4) is 0 Å². The van der Waals surface area contributed by atoms with Crippen molar-refractivity contribution in [2.24, 2.45) is 5.41 Å². The first-order valence-corrected chi connectivity index (χ1v) is 10.6. The summed E-state index contributed by atoms with van der Waals surface area (Å²) in [6.45, 7) is 9.94. The van der Waals surface area contributed by atoms with Crippen LogP contribution in [0.25, 0.3) is 0 Å². The van der Waals surface area contributed by atoms with Crippen LogP contribution in [0.5, 0.6) is 0 Å². The molecule has 3 rings (SSSR count). The van der Waals surface area contributed by atoms with Gasteiger partial charge in [0.2, 0.25) is 5.91 Å². The van der Waals surface area contributed by atoms with Gasteiger partial charge in [0.1, 0.15) is 0 Å². The van der Waals surface area contributed by atoms with Crippen molar-refractivity contribution in [2.45, 2.75) is 71.9 Å². The van der Waals surface area contributed by atoms with Crippen molar-refractivity contribution in [2.75, 3.05) is 25.1 Å². The van der Waals surface area contributed by atoms with Crippen molar-refractivity contribution in [3.05, 3.63) is 29.3 Å². The average Bonchev–Trinajstić information content (AvgIpc) is 3.11. The maximum Gasteiger partial charge on any atom is 0.253 e. The molecule has 5 heteroatoms. The summed E-state index contributed by atoms with van der Waals surface area (Å²) in [4.78, 5) is 28.9. The van der Waals surface area contributed by atoms with Crippen molar-refractivity contribution >= 4 is 17.5 Å². The van der Waals surface area contributed by atoms with Crippen LogP contribution in [0.15, 0.2) is 18.2 Å². The van der Waals surface area contributed by atoms with Gasteiger partial charge in [-0.3, -0.25) is 9.59 Å². The molecule has 2 atom stereocenters. The SMILES string of the molecule is CCCCOC1CC(N(C)C(=O)c2ccc3c(c2)CCN3C(=O)CC)C1(C)C. The lowest BCUT2D eigenvalue weighted by atomic mass is 9.63. The Labute approximate surface area is 169 Å². The lowest BCUT2D eigenvalue weighted by molar-refractivity contribution is -0.140. The molecule has 0 aromatic heterocycles. The highest BCUT2D eigenvalue weighted by Gasteiger charge is 2.52. The number of nitrogens with zero attached hydrogens (tertiary/aromatic N) is 2. The van der Waals surface area contributed by atoms with E-state index in [9.17, 15) is 9.59 Å². The molecular formula is C23H34N2O3. The van der Waals surface area contributed by atoms with E-state index in [1.165, 1.54) is 0 Å². The van der Waals surface area contributed by atoms with Crippen LogP contribution in [0, 0.1) is 5.41 Å². The smallest absolute Gasteiger partial charge is 0.253 e. The van der Waals surface area contributed by atoms with E-state index in [1.807, 2.05) is 42.0 Å². The molecule has 1 aliphatic heterocycles. The Kier molecular flexibility index (Phi) is 6.13. The highest BCUT2D eigenvalue weighted by Crippen LogP contribution is 2.46. The van der Waals surface area contributed by atoms with Gasteiger partial charge in [-0.2, -0.15) is 0 Å². The molecule has 0 N–H and O–H groups in total. The quantitative estimate of drug-likeness (QED) is 0.665. The van der Waals surface area contributed by atoms with Crippen LogP contribution < -0.4 is 4.90 Å². The lowest BCUT2D eigenvalue weighted by Crippen LogP contribution is -2.62. The molecule has 0 spiro atoms. The maximum atomic E-state index is 13.1. The number of carbonyl (C=O) groups is 2. The van der Waals surface area contributed by atoms with E-state index >= 15 is 0 Å². The summed E-state index contributed by atoms with van der Waals surface area (Å²) < 4.78 is 6.03. The highest BCUT2D eigenvalue weighted by atomic mass is 16.5. The van der Waals surface area contributed by atoms with Crippen LogP contribution >= 0.6 is 0 Å². The summed E-state index contributed by atoms with van der Waals surface area (Å²) in [5, 5.41) is 0. The molecule has 1 saturated carbocycles. The minimum absolute atomic E-state index is 0.0424. The van der Waals surface area contributed by atoms with E-state index in [1.54, 1.807) is 0 Å². The predicted octanol–water partition coefficient (Wildman–Crippen LogP) is 4.04. The fraction of sp³-hybridized carbons (Fsp3) is 0.652. The summed E-state index contributed by atoms with van der Waals surface area (Å²) in [7, 11) is 1.90. The van der Waals surface area contributed by atoms with E-state index in [0.29, 0.717) is 18.5 Å². The minimum Gasteiger partial charge on any atom is -0.378 e. The van der Waals surface area contributed by atoms with Gasteiger partial charge < -0.3 is 14.5 Å². The third-order valence-electron chi connectivity index (χ3n) is 6.56. The second-order valence-electron chi connectivity index (χ2n) is 8.69. The van der Waals surface area contributed by atoms with Gasteiger partial charge in [-0.05, 0) is 43.0 Å². The minimum atomic E-state index is -0.0424. The topological polar surface area (TPSA) is 49.9 Å². The van der Waals surface area contributed by atoms with E-state index in [0.717, 1.165) is 43.5 Å². The van der Waals surface area contributed by atoms with Crippen LogP contribution in [0.4, 0.5) is 5.69 Å². The molecule has 2 aliphatic rings. The van der Waals surface area contributed by atoms with Gasteiger partial charge >= 0.3 is 0 Å². The predicted molar refractivity (Wildman–Crippen MR) is 112 cm³/mol. The standard InChI is InChI=1S/C23H34N2O3/c1-6-8-13-28-20-15-19(23(20,3)4)24(5)22(27)17-9-10-18-16(14-17)11-12-25(18)21(26)7-2/h9-10,14,19-20H,6-8,11-13,15H2,1-5H3. The summed E-state index contributed by atoms with van der Waals surface area (Å²) >= 11 is 0. The zero-order valence-corrected chi connectivity index (χ0v) is 18.0. The number of fused-ring (bicyclic) bond motifs is 1. The molecule has 28 heavy (non-hydrogen) atoms. The van der Waals surface area contributed by atoms with E-state index in [4.69, 9.17) is 4.74 Å². The number of hydrogen-bond acceptors (Lipinski definition) is 3. The summed E-state index contributed by atoms with van der Waals surface area (Å²) in [5.41, 5.74) is 2.71.